The number of nitrogens with one attached hydrogen (secondary N) is 1. The van der Waals surface area contributed by atoms with Crippen LogP contribution in [0, 0.1) is 5.82 Å². The van der Waals surface area contributed by atoms with E-state index in [1.165, 1.54) is 16.4 Å². The molecule has 0 atom stereocenters. The molecule has 1 aliphatic heterocycles. The molecule has 1 heterocycles. The first-order valence-electron chi connectivity index (χ1n) is 8.99. The minimum absolute atomic E-state index is 0.0725. The number of amides is 1. The van der Waals surface area contributed by atoms with E-state index in [1.807, 2.05) is 4.90 Å². The lowest BCUT2D eigenvalue weighted by atomic mass is 10.2. The van der Waals surface area contributed by atoms with E-state index in [4.69, 9.17) is 23.2 Å². The number of hydrogen-bond donors (Lipinski definition) is 1. The van der Waals surface area contributed by atoms with Crippen molar-refractivity contribution in [3.05, 3.63) is 58.3 Å². The van der Waals surface area contributed by atoms with Crippen LogP contribution in [-0.2, 0) is 14.8 Å². The molecular formula is C19H20Cl2FN3O3S. The molecule has 10 heteroatoms. The normalized spacial score (nSPS) is 16.0. The number of carbonyl (C=O) groups is 1. The minimum Gasteiger partial charge on any atom is -0.324 e. The summed E-state index contributed by atoms with van der Waals surface area (Å²) in [6.45, 7) is 2.09. The van der Waals surface area contributed by atoms with E-state index < -0.39 is 15.8 Å². The second kappa shape index (κ2) is 9.40. The predicted octanol–water partition coefficient (Wildman–Crippen LogP) is 3.47. The van der Waals surface area contributed by atoms with Crippen LogP contribution in [0.5, 0.6) is 0 Å². The average molecular weight is 460 g/mol. The zero-order chi connectivity index (χ0) is 21.0. The molecule has 1 saturated heterocycles. The summed E-state index contributed by atoms with van der Waals surface area (Å²) in [5.41, 5.74) is 0.385. The summed E-state index contributed by atoms with van der Waals surface area (Å²) in [4.78, 5) is 14.3. The number of hydrogen-bond acceptors (Lipinski definition) is 4. The first-order valence-corrected chi connectivity index (χ1v) is 11.2. The summed E-state index contributed by atoms with van der Waals surface area (Å²) in [5, 5.41) is 3.44. The fourth-order valence-electron chi connectivity index (χ4n) is 3.03. The van der Waals surface area contributed by atoms with Gasteiger partial charge in [-0.25, -0.2) is 12.8 Å². The van der Waals surface area contributed by atoms with E-state index >= 15 is 0 Å². The van der Waals surface area contributed by atoms with Gasteiger partial charge in [-0.15, -0.1) is 0 Å². The lowest BCUT2D eigenvalue weighted by Crippen LogP contribution is -2.49. The number of para-hydroxylation sites is 1. The van der Waals surface area contributed by atoms with Crippen molar-refractivity contribution in [3.63, 3.8) is 0 Å². The second-order valence-electron chi connectivity index (χ2n) is 6.59. The summed E-state index contributed by atoms with van der Waals surface area (Å²) in [5.74, 6) is -0.702. The Labute approximate surface area is 179 Å². The van der Waals surface area contributed by atoms with E-state index in [-0.39, 0.29) is 17.2 Å². The van der Waals surface area contributed by atoms with Crippen LogP contribution >= 0.6 is 23.2 Å². The lowest BCUT2D eigenvalue weighted by Gasteiger charge is -2.33. The molecule has 2 aromatic rings. The maximum Gasteiger partial charge on any atom is 0.243 e. The molecule has 156 valence electrons. The summed E-state index contributed by atoms with van der Waals surface area (Å²) < 4.78 is 39.7. The molecule has 0 bridgehead atoms. The van der Waals surface area contributed by atoms with Crippen LogP contribution < -0.4 is 5.32 Å². The van der Waals surface area contributed by atoms with Crippen molar-refractivity contribution in [2.75, 3.05) is 38.0 Å². The molecule has 2 aromatic carbocycles. The Morgan fingerprint density at radius 2 is 1.59 bits per heavy atom. The Bertz CT molecular complexity index is 958. The molecule has 0 spiro atoms. The van der Waals surface area contributed by atoms with Crippen molar-refractivity contribution in [1.29, 1.82) is 0 Å². The smallest absolute Gasteiger partial charge is 0.243 e. The number of anilines is 1. The van der Waals surface area contributed by atoms with Crippen molar-refractivity contribution in [2.24, 2.45) is 0 Å². The third-order valence-electron chi connectivity index (χ3n) is 4.66. The number of piperazine rings is 1. The standard InChI is InChI=1S/C19H20Cl2FN3O3S/c20-16-2-1-3-17(21)19(16)23-18(26)8-9-24-10-12-25(13-11-24)29(27,28)15-6-4-14(22)5-7-15/h1-7H,8-13H2,(H,23,26). The molecule has 1 aliphatic rings. The highest BCUT2D eigenvalue weighted by Gasteiger charge is 2.28. The molecule has 0 saturated carbocycles. The molecule has 1 N–H and O–H groups in total. The van der Waals surface area contributed by atoms with E-state index in [0.29, 0.717) is 48.5 Å². The average Bonchev–Trinajstić information content (AvgIpc) is 2.70. The van der Waals surface area contributed by atoms with Crippen LogP contribution in [0.15, 0.2) is 47.4 Å². The van der Waals surface area contributed by atoms with Crippen molar-refractivity contribution in [3.8, 4) is 0 Å². The van der Waals surface area contributed by atoms with Gasteiger partial charge in [-0.2, -0.15) is 4.31 Å². The Balaban J connectivity index is 1.50. The van der Waals surface area contributed by atoms with Gasteiger partial charge in [0.2, 0.25) is 15.9 Å². The van der Waals surface area contributed by atoms with Gasteiger partial charge in [0.15, 0.2) is 0 Å². The van der Waals surface area contributed by atoms with Gasteiger partial charge in [0.1, 0.15) is 5.82 Å². The maximum absolute atomic E-state index is 13.0. The van der Waals surface area contributed by atoms with Gasteiger partial charge in [0, 0.05) is 39.1 Å². The summed E-state index contributed by atoms with van der Waals surface area (Å²) in [7, 11) is -3.65. The van der Waals surface area contributed by atoms with Crippen LogP contribution in [0.25, 0.3) is 0 Å². The van der Waals surface area contributed by atoms with Crippen LogP contribution in [0.2, 0.25) is 10.0 Å². The number of rotatable bonds is 6. The van der Waals surface area contributed by atoms with Crippen molar-refractivity contribution >= 4 is 44.8 Å². The SMILES string of the molecule is O=C(CCN1CCN(S(=O)(=O)c2ccc(F)cc2)CC1)Nc1c(Cl)cccc1Cl. The van der Waals surface area contributed by atoms with Gasteiger partial charge in [-0.3, -0.25) is 4.79 Å². The monoisotopic (exact) mass is 459 g/mol. The first-order chi connectivity index (χ1) is 13.8. The first kappa shape index (κ1) is 22.0. The van der Waals surface area contributed by atoms with Crippen LogP contribution in [0.4, 0.5) is 10.1 Å². The molecule has 29 heavy (non-hydrogen) atoms. The van der Waals surface area contributed by atoms with Gasteiger partial charge in [-0.1, -0.05) is 29.3 Å². The minimum atomic E-state index is -3.65. The fraction of sp³-hybridized carbons (Fsp3) is 0.316. The zero-order valence-electron chi connectivity index (χ0n) is 15.4. The van der Waals surface area contributed by atoms with Crippen molar-refractivity contribution < 1.29 is 17.6 Å². The summed E-state index contributed by atoms with van der Waals surface area (Å²) in [6, 6.07) is 9.77. The number of sulfonamides is 1. The predicted molar refractivity (Wildman–Crippen MR) is 111 cm³/mol. The highest BCUT2D eigenvalue weighted by Crippen LogP contribution is 2.29. The number of nitrogens with zero attached hydrogens (tertiary/aromatic N) is 2. The highest BCUT2D eigenvalue weighted by atomic mass is 35.5. The highest BCUT2D eigenvalue weighted by molar-refractivity contribution is 7.89. The zero-order valence-corrected chi connectivity index (χ0v) is 17.8. The van der Waals surface area contributed by atoms with E-state index in [9.17, 15) is 17.6 Å². The number of halogens is 3. The molecule has 3 rings (SSSR count). The lowest BCUT2D eigenvalue weighted by molar-refractivity contribution is -0.116. The van der Waals surface area contributed by atoms with Crippen LogP contribution in [0.3, 0.4) is 0 Å². The van der Waals surface area contributed by atoms with E-state index in [2.05, 4.69) is 5.32 Å². The molecular weight excluding hydrogens is 440 g/mol. The number of benzene rings is 2. The maximum atomic E-state index is 13.0. The van der Waals surface area contributed by atoms with E-state index in [0.717, 1.165) is 12.1 Å². The molecule has 1 fully saturated rings. The van der Waals surface area contributed by atoms with Gasteiger partial charge < -0.3 is 10.2 Å². The Morgan fingerprint density at radius 1 is 1.00 bits per heavy atom. The Kier molecular flexibility index (Phi) is 7.13. The quantitative estimate of drug-likeness (QED) is 0.717. The molecule has 0 unspecified atom stereocenters. The topological polar surface area (TPSA) is 69.7 Å². The molecule has 6 nitrogen and oxygen atoms in total. The number of carbonyl (C=O) groups excluding carboxylic acids is 1. The van der Waals surface area contributed by atoms with Gasteiger partial charge in [-0.05, 0) is 36.4 Å². The largest absolute Gasteiger partial charge is 0.324 e. The van der Waals surface area contributed by atoms with Crippen molar-refractivity contribution in [2.45, 2.75) is 11.3 Å². The molecule has 1 amide bonds. The van der Waals surface area contributed by atoms with E-state index in [1.54, 1.807) is 18.2 Å². The van der Waals surface area contributed by atoms with Gasteiger partial charge >= 0.3 is 0 Å². The van der Waals surface area contributed by atoms with Crippen LogP contribution in [-0.4, -0.2) is 56.3 Å². The van der Waals surface area contributed by atoms with Gasteiger partial charge in [0.05, 0.1) is 20.6 Å². The summed E-state index contributed by atoms with van der Waals surface area (Å²) in [6.07, 6.45) is 0.228. The van der Waals surface area contributed by atoms with Crippen molar-refractivity contribution in [1.82, 2.24) is 9.21 Å². The Hall–Kier alpha value is -1.71. The summed E-state index contributed by atoms with van der Waals surface area (Å²) >= 11 is 12.1. The fourth-order valence-corrected chi connectivity index (χ4v) is 4.94. The van der Waals surface area contributed by atoms with Gasteiger partial charge in [0.25, 0.3) is 0 Å². The van der Waals surface area contributed by atoms with Crippen LogP contribution in [0.1, 0.15) is 6.42 Å². The second-order valence-corrected chi connectivity index (χ2v) is 9.35. The molecule has 0 aliphatic carbocycles. The molecule has 0 aromatic heterocycles. The Morgan fingerprint density at radius 3 is 2.17 bits per heavy atom. The third-order valence-corrected chi connectivity index (χ3v) is 7.21. The third kappa shape index (κ3) is 5.46. The molecule has 0 radical (unpaired) electrons.